The monoisotopic (exact) mass is 355 g/mol. The molecular weight excluding hydrogens is 334 g/mol. The number of sulfonamides is 1. The molecule has 0 atom stereocenters. The van der Waals surface area contributed by atoms with E-state index in [9.17, 15) is 8.42 Å². The van der Waals surface area contributed by atoms with Gasteiger partial charge in [-0.25, -0.2) is 8.42 Å². The molecule has 24 heavy (non-hydrogen) atoms. The number of aryl methyl sites for hydroxylation is 1. The molecule has 0 fully saturated rings. The van der Waals surface area contributed by atoms with Crippen molar-refractivity contribution in [3.63, 3.8) is 0 Å². The Morgan fingerprint density at radius 1 is 1.21 bits per heavy atom. The number of ether oxygens (including phenoxy) is 2. The average molecular weight is 355 g/mol. The van der Waals surface area contributed by atoms with Gasteiger partial charge in [0.15, 0.2) is 5.82 Å². The molecule has 132 valence electrons. The highest BCUT2D eigenvalue weighted by atomic mass is 32.2. The van der Waals surface area contributed by atoms with Gasteiger partial charge in [-0.15, -0.1) is 0 Å². The van der Waals surface area contributed by atoms with E-state index in [1.807, 2.05) is 6.92 Å². The highest BCUT2D eigenvalue weighted by molar-refractivity contribution is 7.89. The fraction of sp³-hybridized carbons (Fsp3) is 0.467. The van der Waals surface area contributed by atoms with Crippen LogP contribution in [-0.2, 0) is 27.7 Å². The minimum absolute atomic E-state index is 0.0153. The molecule has 0 amide bonds. The number of hydrogen-bond acceptors (Lipinski definition) is 7. The van der Waals surface area contributed by atoms with Gasteiger partial charge in [-0.05, 0) is 24.3 Å². The Labute approximate surface area is 141 Å². The van der Waals surface area contributed by atoms with Crippen LogP contribution in [-0.4, -0.2) is 50.2 Å². The van der Waals surface area contributed by atoms with Gasteiger partial charge in [0, 0.05) is 20.6 Å². The molecule has 0 bridgehead atoms. The van der Waals surface area contributed by atoms with Gasteiger partial charge in [-0.1, -0.05) is 12.1 Å². The zero-order valence-electron chi connectivity index (χ0n) is 13.9. The lowest BCUT2D eigenvalue weighted by Crippen LogP contribution is -2.26. The third-order valence-corrected chi connectivity index (χ3v) is 5.09. The first-order chi connectivity index (χ1) is 11.5. The topological polar surface area (TPSA) is 94.8 Å². The predicted octanol–water partition coefficient (Wildman–Crippen LogP) is 1.48. The second kappa shape index (κ2) is 8.22. The molecule has 0 spiro atoms. The Bertz CT molecular complexity index is 743. The minimum Gasteiger partial charge on any atom is -0.491 e. The van der Waals surface area contributed by atoms with Gasteiger partial charge >= 0.3 is 0 Å². The summed E-state index contributed by atoms with van der Waals surface area (Å²) < 4.78 is 41.6. The molecule has 2 rings (SSSR count). The summed E-state index contributed by atoms with van der Waals surface area (Å²) in [5.41, 5.74) is 0. The van der Waals surface area contributed by atoms with E-state index in [4.69, 9.17) is 14.0 Å². The van der Waals surface area contributed by atoms with Gasteiger partial charge in [0.1, 0.15) is 12.4 Å². The molecule has 0 radical (unpaired) electrons. The summed E-state index contributed by atoms with van der Waals surface area (Å²) in [5, 5.41) is 3.76. The van der Waals surface area contributed by atoms with E-state index in [0.29, 0.717) is 31.2 Å². The summed E-state index contributed by atoms with van der Waals surface area (Å²) in [6.45, 7) is 2.78. The number of methoxy groups -OCH3 is 1. The standard InChI is InChI=1S/C15H21N3O5S/c1-4-14-16-15(23-17-14)11-18(2)24(19,20)13-7-5-12(6-8-13)22-10-9-21-3/h5-8H,4,9-11H2,1-3H3. The molecule has 0 aliphatic carbocycles. The number of hydrogen-bond donors (Lipinski definition) is 0. The van der Waals surface area contributed by atoms with Crippen LogP contribution in [0.15, 0.2) is 33.7 Å². The number of aromatic nitrogens is 2. The Morgan fingerprint density at radius 2 is 1.92 bits per heavy atom. The van der Waals surface area contributed by atoms with E-state index >= 15 is 0 Å². The average Bonchev–Trinajstić information content (AvgIpc) is 3.03. The highest BCUT2D eigenvalue weighted by Gasteiger charge is 2.23. The first-order valence-corrected chi connectivity index (χ1v) is 8.91. The molecule has 0 unspecified atom stereocenters. The van der Waals surface area contributed by atoms with Gasteiger partial charge in [-0.3, -0.25) is 0 Å². The lowest BCUT2D eigenvalue weighted by molar-refractivity contribution is 0.146. The van der Waals surface area contributed by atoms with Gasteiger partial charge < -0.3 is 14.0 Å². The maximum atomic E-state index is 12.6. The van der Waals surface area contributed by atoms with Crippen molar-refractivity contribution in [2.75, 3.05) is 27.4 Å². The normalized spacial score (nSPS) is 11.8. The smallest absolute Gasteiger partial charge is 0.243 e. The summed E-state index contributed by atoms with van der Waals surface area (Å²) in [5.74, 6) is 1.39. The second-order valence-electron chi connectivity index (χ2n) is 5.03. The van der Waals surface area contributed by atoms with E-state index < -0.39 is 10.0 Å². The maximum absolute atomic E-state index is 12.6. The molecule has 0 aliphatic rings. The Balaban J connectivity index is 2.05. The Hall–Kier alpha value is -1.97. The van der Waals surface area contributed by atoms with Crippen LogP contribution in [0.5, 0.6) is 5.75 Å². The van der Waals surface area contributed by atoms with Crippen LogP contribution < -0.4 is 4.74 Å². The maximum Gasteiger partial charge on any atom is 0.243 e. The number of nitrogens with zero attached hydrogens (tertiary/aromatic N) is 3. The first kappa shape index (κ1) is 18.4. The van der Waals surface area contributed by atoms with Gasteiger partial charge in [0.2, 0.25) is 15.9 Å². The summed E-state index contributed by atoms with van der Waals surface area (Å²) >= 11 is 0. The Kier molecular flexibility index (Phi) is 6.29. The molecule has 2 aromatic rings. The van der Waals surface area contributed by atoms with E-state index in [0.717, 1.165) is 0 Å². The van der Waals surface area contributed by atoms with Crippen LogP contribution in [0.1, 0.15) is 18.6 Å². The Morgan fingerprint density at radius 3 is 2.50 bits per heavy atom. The highest BCUT2D eigenvalue weighted by Crippen LogP contribution is 2.20. The third kappa shape index (κ3) is 4.53. The molecule has 0 N–H and O–H groups in total. The van der Waals surface area contributed by atoms with Crippen LogP contribution in [0, 0.1) is 0 Å². The van der Waals surface area contributed by atoms with Crippen LogP contribution >= 0.6 is 0 Å². The van der Waals surface area contributed by atoms with Crippen LogP contribution in [0.4, 0.5) is 0 Å². The molecule has 8 nitrogen and oxygen atoms in total. The van der Waals surface area contributed by atoms with Crippen molar-refractivity contribution in [2.24, 2.45) is 0 Å². The fourth-order valence-electron chi connectivity index (χ4n) is 1.90. The molecule has 1 heterocycles. The molecule has 1 aromatic carbocycles. The minimum atomic E-state index is -3.65. The van der Waals surface area contributed by atoms with Crippen molar-refractivity contribution in [1.29, 1.82) is 0 Å². The predicted molar refractivity (Wildman–Crippen MR) is 86.1 cm³/mol. The van der Waals surface area contributed by atoms with Gasteiger partial charge in [0.05, 0.1) is 18.0 Å². The molecular formula is C15H21N3O5S. The van der Waals surface area contributed by atoms with Crippen LogP contribution in [0.25, 0.3) is 0 Å². The van der Waals surface area contributed by atoms with E-state index in [1.165, 1.54) is 23.5 Å². The summed E-state index contributed by atoms with van der Waals surface area (Å²) in [4.78, 5) is 4.28. The quantitative estimate of drug-likeness (QED) is 0.629. The van der Waals surface area contributed by atoms with Crippen molar-refractivity contribution < 1.29 is 22.4 Å². The number of benzene rings is 1. The van der Waals surface area contributed by atoms with Gasteiger partial charge in [-0.2, -0.15) is 9.29 Å². The van der Waals surface area contributed by atoms with Crippen molar-refractivity contribution in [1.82, 2.24) is 14.4 Å². The summed E-state index contributed by atoms with van der Waals surface area (Å²) in [6.07, 6.45) is 0.629. The van der Waals surface area contributed by atoms with Crippen molar-refractivity contribution in [3.8, 4) is 5.75 Å². The molecule has 0 aliphatic heterocycles. The van der Waals surface area contributed by atoms with Crippen molar-refractivity contribution in [3.05, 3.63) is 36.0 Å². The molecule has 0 saturated carbocycles. The largest absolute Gasteiger partial charge is 0.491 e. The molecule has 1 aromatic heterocycles. The van der Waals surface area contributed by atoms with E-state index in [1.54, 1.807) is 19.2 Å². The first-order valence-electron chi connectivity index (χ1n) is 7.47. The molecule has 9 heteroatoms. The summed E-state index contributed by atoms with van der Waals surface area (Å²) in [6, 6.07) is 6.22. The zero-order valence-corrected chi connectivity index (χ0v) is 14.7. The van der Waals surface area contributed by atoms with Crippen LogP contribution in [0.3, 0.4) is 0 Å². The summed E-state index contributed by atoms with van der Waals surface area (Å²) in [7, 11) is -0.600. The second-order valence-corrected chi connectivity index (χ2v) is 7.08. The number of rotatable bonds is 9. The van der Waals surface area contributed by atoms with E-state index in [2.05, 4.69) is 10.1 Å². The fourth-order valence-corrected chi connectivity index (χ4v) is 3.02. The third-order valence-electron chi connectivity index (χ3n) is 3.27. The lowest BCUT2D eigenvalue weighted by atomic mass is 10.3. The van der Waals surface area contributed by atoms with Crippen molar-refractivity contribution >= 4 is 10.0 Å². The zero-order chi connectivity index (χ0) is 17.6. The lowest BCUT2D eigenvalue weighted by Gasteiger charge is -2.15. The van der Waals surface area contributed by atoms with Crippen LogP contribution in [0.2, 0.25) is 0 Å². The SMILES string of the molecule is CCc1noc(CN(C)S(=O)(=O)c2ccc(OCCOC)cc2)n1. The van der Waals surface area contributed by atoms with Gasteiger partial charge in [0.25, 0.3) is 0 Å². The van der Waals surface area contributed by atoms with Crippen molar-refractivity contribution in [2.45, 2.75) is 24.8 Å². The van der Waals surface area contributed by atoms with E-state index in [-0.39, 0.29) is 17.3 Å². The molecule has 0 saturated heterocycles.